The third-order valence-electron chi connectivity index (χ3n) is 6.59. The van der Waals surface area contributed by atoms with E-state index in [0.29, 0.717) is 52.8 Å². The van der Waals surface area contributed by atoms with E-state index in [4.69, 9.17) is 25.5 Å². The summed E-state index contributed by atoms with van der Waals surface area (Å²) in [5.41, 5.74) is 2.14. The number of nitrogens with zero attached hydrogens (tertiary/aromatic N) is 2. The van der Waals surface area contributed by atoms with Crippen LogP contribution in [0.4, 0.5) is 0 Å². The quantitative estimate of drug-likeness (QED) is 0.282. The van der Waals surface area contributed by atoms with E-state index >= 15 is 0 Å². The maximum absolute atomic E-state index is 13.7. The van der Waals surface area contributed by atoms with Crippen molar-refractivity contribution in [1.82, 2.24) is 9.80 Å². The Hall–Kier alpha value is -3.81. The second kappa shape index (κ2) is 10.9. The van der Waals surface area contributed by atoms with Crippen molar-refractivity contribution in [3.05, 3.63) is 104 Å². The SMILES string of the molecule is CCOc1cc([C@@H]2c3c(oc4ccccc4c3=O)C(=O)N2CCN(C)C)ccc1OCc1ccccc1Cl. The molecule has 0 bridgehead atoms. The van der Waals surface area contributed by atoms with Crippen molar-refractivity contribution in [1.29, 1.82) is 0 Å². The highest BCUT2D eigenvalue weighted by atomic mass is 35.5. The first kappa shape index (κ1) is 25.8. The molecule has 7 nitrogen and oxygen atoms in total. The third-order valence-corrected chi connectivity index (χ3v) is 6.95. The first-order valence-electron chi connectivity index (χ1n) is 12.5. The molecule has 2 heterocycles. The van der Waals surface area contributed by atoms with Crippen molar-refractivity contribution in [2.24, 2.45) is 0 Å². The summed E-state index contributed by atoms with van der Waals surface area (Å²) < 4.78 is 18.0. The molecular formula is C30H29ClN2O5. The molecule has 8 heteroatoms. The van der Waals surface area contributed by atoms with Gasteiger partial charge in [-0.2, -0.15) is 0 Å². The first-order chi connectivity index (χ1) is 18.4. The summed E-state index contributed by atoms with van der Waals surface area (Å²) >= 11 is 6.30. The number of fused-ring (bicyclic) bond motifs is 2. The van der Waals surface area contributed by atoms with Crippen LogP contribution in [-0.2, 0) is 6.61 Å². The van der Waals surface area contributed by atoms with Crippen LogP contribution >= 0.6 is 11.6 Å². The van der Waals surface area contributed by atoms with Crippen LogP contribution in [0.5, 0.6) is 11.5 Å². The molecule has 0 unspecified atom stereocenters. The van der Waals surface area contributed by atoms with Gasteiger partial charge in [0.25, 0.3) is 5.91 Å². The van der Waals surface area contributed by atoms with Gasteiger partial charge >= 0.3 is 0 Å². The Labute approximate surface area is 226 Å². The van der Waals surface area contributed by atoms with Crippen LogP contribution in [0.1, 0.15) is 40.2 Å². The van der Waals surface area contributed by atoms with Gasteiger partial charge in [-0.25, -0.2) is 0 Å². The summed E-state index contributed by atoms with van der Waals surface area (Å²) in [6, 6.07) is 19.4. The molecule has 38 heavy (non-hydrogen) atoms. The molecule has 1 aliphatic heterocycles. The molecule has 0 radical (unpaired) electrons. The number of carbonyl (C=O) groups excluding carboxylic acids is 1. The molecule has 0 aliphatic carbocycles. The van der Waals surface area contributed by atoms with Gasteiger partial charge in [0.05, 0.1) is 23.6 Å². The van der Waals surface area contributed by atoms with Crippen LogP contribution in [0.2, 0.25) is 5.02 Å². The maximum atomic E-state index is 13.7. The normalized spacial score (nSPS) is 14.8. The number of ether oxygens (including phenoxy) is 2. The smallest absolute Gasteiger partial charge is 0.290 e. The molecular weight excluding hydrogens is 504 g/mol. The lowest BCUT2D eigenvalue weighted by Crippen LogP contribution is -2.35. The molecule has 1 aliphatic rings. The van der Waals surface area contributed by atoms with Crippen LogP contribution in [0.3, 0.4) is 0 Å². The van der Waals surface area contributed by atoms with Crippen LogP contribution in [-0.4, -0.2) is 49.5 Å². The minimum atomic E-state index is -0.616. The largest absolute Gasteiger partial charge is 0.490 e. The van der Waals surface area contributed by atoms with E-state index in [-0.39, 0.29) is 23.7 Å². The topological polar surface area (TPSA) is 72.2 Å². The lowest BCUT2D eigenvalue weighted by Gasteiger charge is -2.27. The highest BCUT2D eigenvalue weighted by Crippen LogP contribution is 2.41. The van der Waals surface area contributed by atoms with E-state index < -0.39 is 6.04 Å². The molecule has 196 valence electrons. The summed E-state index contributed by atoms with van der Waals surface area (Å²) in [6.45, 7) is 3.63. The number of likely N-dealkylation sites (N-methyl/N-ethyl adjacent to an activating group) is 1. The Morgan fingerprint density at radius 3 is 2.50 bits per heavy atom. The van der Waals surface area contributed by atoms with E-state index in [0.717, 1.165) is 11.1 Å². The van der Waals surface area contributed by atoms with Crippen LogP contribution < -0.4 is 14.9 Å². The van der Waals surface area contributed by atoms with Gasteiger partial charge in [-0.1, -0.05) is 48.0 Å². The molecule has 3 aromatic carbocycles. The predicted octanol–water partition coefficient (Wildman–Crippen LogP) is 5.53. The van der Waals surface area contributed by atoms with E-state index in [2.05, 4.69) is 0 Å². The van der Waals surface area contributed by atoms with Gasteiger partial charge in [-0.15, -0.1) is 0 Å². The Kier molecular flexibility index (Phi) is 7.40. The monoisotopic (exact) mass is 532 g/mol. The standard InChI is InChI=1S/C30H29ClN2O5/c1-4-36-25-17-19(13-14-24(25)37-18-20-9-5-7-11-22(20)31)27-26-28(34)21-10-6-8-12-23(21)38-29(26)30(35)33(27)16-15-32(2)3/h5-14,17,27H,4,15-16,18H2,1-3H3/t27-/m1/s1. The van der Waals surface area contributed by atoms with Crippen LogP contribution in [0.15, 0.2) is 75.9 Å². The van der Waals surface area contributed by atoms with Crippen molar-refractivity contribution >= 4 is 28.5 Å². The van der Waals surface area contributed by atoms with E-state index in [1.54, 1.807) is 29.2 Å². The minimum absolute atomic E-state index is 0.0921. The number of halogens is 1. The summed E-state index contributed by atoms with van der Waals surface area (Å²) in [5, 5.41) is 1.07. The summed E-state index contributed by atoms with van der Waals surface area (Å²) in [5.74, 6) is 0.863. The highest BCUT2D eigenvalue weighted by molar-refractivity contribution is 6.31. The molecule has 0 spiro atoms. The van der Waals surface area contributed by atoms with E-state index in [9.17, 15) is 9.59 Å². The van der Waals surface area contributed by atoms with Crippen molar-refractivity contribution in [2.75, 3.05) is 33.8 Å². The molecule has 0 fully saturated rings. The molecule has 5 rings (SSSR count). The van der Waals surface area contributed by atoms with Crippen molar-refractivity contribution in [3.63, 3.8) is 0 Å². The average molecular weight is 533 g/mol. The predicted molar refractivity (Wildman–Crippen MR) is 147 cm³/mol. The zero-order valence-electron chi connectivity index (χ0n) is 21.6. The second-order valence-corrected chi connectivity index (χ2v) is 9.80. The summed E-state index contributed by atoms with van der Waals surface area (Å²) in [6.07, 6.45) is 0. The zero-order valence-corrected chi connectivity index (χ0v) is 22.3. The molecule has 1 atom stereocenters. The Morgan fingerprint density at radius 2 is 1.74 bits per heavy atom. The van der Waals surface area contributed by atoms with Crippen LogP contribution in [0, 0.1) is 0 Å². The number of carbonyl (C=O) groups is 1. The van der Waals surface area contributed by atoms with Gasteiger partial charge < -0.3 is 23.7 Å². The fraction of sp³-hybridized carbons (Fsp3) is 0.267. The van der Waals surface area contributed by atoms with Gasteiger partial charge in [0.1, 0.15) is 12.2 Å². The minimum Gasteiger partial charge on any atom is -0.490 e. The number of rotatable bonds is 9. The summed E-state index contributed by atoms with van der Waals surface area (Å²) in [4.78, 5) is 30.9. The molecule has 0 N–H and O–H groups in total. The molecule has 0 saturated carbocycles. The van der Waals surface area contributed by atoms with Crippen LogP contribution in [0.25, 0.3) is 11.0 Å². The molecule has 1 amide bonds. The van der Waals surface area contributed by atoms with Crippen molar-refractivity contribution in [2.45, 2.75) is 19.6 Å². The highest BCUT2D eigenvalue weighted by Gasteiger charge is 2.42. The van der Waals surface area contributed by atoms with Crippen molar-refractivity contribution < 1.29 is 18.7 Å². The number of benzene rings is 3. The average Bonchev–Trinajstić information content (AvgIpc) is 3.19. The lowest BCUT2D eigenvalue weighted by molar-refractivity contribution is 0.0716. The Bertz CT molecular complexity index is 1550. The van der Waals surface area contributed by atoms with Gasteiger partial charge in [0.2, 0.25) is 5.76 Å². The first-order valence-corrected chi connectivity index (χ1v) is 12.9. The number of hydrogen-bond acceptors (Lipinski definition) is 6. The molecule has 4 aromatic rings. The van der Waals surface area contributed by atoms with Gasteiger partial charge in [-0.05, 0) is 56.9 Å². The Balaban J connectivity index is 1.58. The second-order valence-electron chi connectivity index (χ2n) is 9.39. The fourth-order valence-electron chi connectivity index (χ4n) is 4.71. The number of para-hydroxylation sites is 1. The lowest BCUT2D eigenvalue weighted by atomic mass is 9.98. The number of amides is 1. The maximum Gasteiger partial charge on any atom is 0.290 e. The summed E-state index contributed by atoms with van der Waals surface area (Å²) in [7, 11) is 3.89. The molecule has 0 saturated heterocycles. The van der Waals surface area contributed by atoms with Gasteiger partial charge in [0.15, 0.2) is 16.9 Å². The molecule has 1 aromatic heterocycles. The Morgan fingerprint density at radius 1 is 0.974 bits per heavy atom. The zero-order chi connectivity index (χ0) is 26.8. The van der Waals surface area contributed by atoms with Crippen molar-refractivity contribution in [3.8, 4) is 11.5 Å². The van der Waals surface area contributed by atoms with E-state index in [1.807, 2.05) is 68.4 Å². The van der Waals surface area contributed by atoms with E-state index in [1.165, 1.54) is 0 Å². The number of hydrogen-bond donors (Lipinski definition) is 0. The fourth-order valence-corrected chi connectivity index (χ4v) is 4.90. The third kappa shape index (κ3) is 4.87. The van der Waals surface area contributed by atoms with Gasteiger partial charge in [0, 0.05) is 23.7 Å². The van der Waals surface area contributed by atoms with Gasteiger partial charge in [-0.3, -0.25) is 9.59 Å².